The van der Waals surface area contributed by atoms with Gasteiger partial charge in [-0.1, -0.05) is 54.1 Å². The van der Waals surface area contributed by atoms with Gasteiger partial charge in [-0.2, -0.15) is 0 Å². The molecule has 3 aromatic rings. The van der Waals surface area contributed by atoms with Gasteiger partial charge in [-0.3, -0.25) is 9.98 Å². The number of hydrogen-bond acceptors (Lipinski definition) is 2. The van der Waals surface area contributed by atoms with Gasteiger partial charge in [-0.25, -0.2) is 0 Å². The van der Waals surface area contributed by atoms with Crippen LogP contribution in [-0.2, 0) is 6.54 Å². The molecule has 0 unspecified atom stereocenters. The number of aliphatic imine (C=N–C) groups is 1. The zero-order valence-corrected chi connectivity index (χ0v) is 12.9. The molecule has 0 spiro atoms. The average Bonchev–Trinajstić information content (AvgIpc) is 2.57. The van der Waals surface area contributed by atoms with E-state index in [1.54, 1.807) is 7.05 Å². The van der Waals surface area contributed by atoms with Crippen LogP contribution in [0.4, 0.5) is 0 Å². The Morgan fingerprint density at radius 2 is 1.77 bits per heavy atom. The molecule has 3 nitrogen and oxygen atoms in total. The molecule has 1 aromatic heterocycles. The van der Waals surface area contributed by atoms with Crippen molar-refractivity contribution in [2.45, 2.75) is 13.5 Å². The van der Waals surface area contributed by atoms with Gasteiger partial charge in [0.05, 0.1) is 0 Å². The first kappa shape index (κ1) is 14.3. The molecule has 1 N–H and O–H groups in total. The summed E-state index contributed by atoms with van der Waals surface area (Å²) in [7, 11) is 1.79. The molecule has 3 rings (SSSR count). The first-order chi connectivity index (χ1) is 10.8. The van der Waals surface area contributed by atoms with E-state index < -0.39 is 0 Å². The fourth-order valence-electron chi connectivity index (χ4n) is 2.39. The van der Waals surface area contributed by atoms with Crippen molar-refractivity contribution in [3.05, 3.63) is 77.6 Å². The molecular formula is C19H19N3. The van der Waals surface area contributed by atoms with Gasteiger partial charge in [0.15, 0.2) is 0 Å². The number of hydrogen-bond donors (Lipinski definition) is 1. The molecule has 0 aliphatic heterocycles. The maximum atomic E-state index is 4.51. The van der Waals surface area contributed by atoms with E-state index in [0.29, 0.717) is 0 Å². The number of fused-ring (bicyclic) bond motifs is 1. The van der Waals surface area contributed by atoms with Crippen molar-refractivity contribution in [1.29, 1.82) is 0 Å². The highest BCUT2D eigenvalue weighted by atomic mass is 15.0. The summed E-state index contributed by atoms with van der Waals surface area (Å²) < 4.78 is 0. The highest BCUT2D eigenvalue weighted by Crippen LogP contribution is 2.13. The Morgan fingerprint density at radius 3 is 2.50 bits per heavy atom. The second-order valence-corrected chi connectivity index (χ2v) is 5.33. The van der Waals surface area contributed by atoms with Crippen LogP contribution >= 0.6 is 0 Å². The molecule has 2 aromatic carbocycles. The summed E-state index contributed by atoms with van der Waals surface area (Å²) in [4.78, 5) is 8.85. The third-order valence-electron chi connectivity index (χ3n) is 3.68. The lowest BCUT2D eigenvalue weighted by Crippen LogP contribution is -2.24. The number of rotatable bonds is 3. The van der Waals surface area contributed by atoms with Gasteiger partial charge in [0.1, 0.15) is 11.5 Å². The van der Waals surface area contributed by atoms with E-state index in [4.69, 9.17) is 0 Å². The number of nitrogens with zero attached hydrogens (tertiary/aromatic N) is 2. The van der Waals surface area contributed by atoms with Gasteiger partial charge in [-0.15, -0.1) is 0 Å². The summed E-state index contributed by atoms with van der Waals surface area (Å²) in [6, 6.07) is 18.8. The second kappa shape index (κ2) is 6.39. The minimum Gasteiger partial charge on any atom is -0.365 e. The monoisotopic (exact) mass is 289 g/mol. The molecule has 0 radical (unpaired) electrons. The molecule has 110 valence electrons. The largest absolute Gasteiger partial charge is 0.365 e. The Morgan fingerprint density at radius 1 is 1.05 bits per heavy atom. The lowest BCUT2D eigenvalue weighted by atomic mass is 10.1. The molecule has 0 fully saturated rings. The maximum absolute atomic E-state index is 4.51. The Balaban J connectivity index is 1.79. The molecule has 0 atom stereocenters. The van der Waals surface area contributed by atoms with Gasteiger partial charge < -0.3 is 5.32 Å². The van der Waals surface area contributed by atoms with Crippen LogP contribution in [0.15, 0.2) is 65.8 Å². The number of aryl methyl sites for hydroxylation is 1. The highest BCUT2D eigenvalue weighted by Gasteiger charge is 2.05. The Kier molecular flexibility index (Phi) is 4.15. The third kappa shape index (κ3) is 3.14. The smallest absolute Gasteiger partial charge is 0.147 e. The molecule has 0 aliphatic carbocycles. The standard InChI is InChI=1S/C19H19N3/c1-14-7-9-15(10-8-14)12-22-19(20-2)18-11-16-5-3-4-6-17(16)13-21-18/h3-11,13H,12H2,1-2H3,(H,20,22). The maximum Gasteiger partial charge on any atom is 0.147 e. The molecule has 0 saturated heterocycles. The van der Waals surface area contributed by atoms with Crippen molar-refractivity contribution in [3.63, 3.8) is 0 Å². The molecule has 0 bridgehead atoms. The van der Waals surface area contributed by atoms with E-state index in [1.165, 1.54) is 16.5 Å². The van der Waals surface area contributed by atoms with E-state index in [9.17, 15) is 0 Å². The predicted molar refractivity (Wildman–Crippen MR) is 92.2 cm³/mol. The van der Waals surface area contributed by atoms with E-state index in [-0.39, 0.29) is 0 Å². The number of benzene rings is 2. The molecule has 1 heterocycles. The number of aromatic nitrogens is 1. The highest BCUT2D eigenvalue weighted by molar-refractivity contribution is 5.99. The van der Waals surface area contributed by atoms with Crippen molar-refractivity contribution in [2.75, 3.05) is 7.05 Å². The fraction of sp³-hybridized carbons (Fsp3) is 0.158. The van der Waals surface area contributed by atoms with Crippen LogP contribution in [0.25, 0.3) is 10.8 Å². The van der Waals surface area contributed by atoms with Crippen LogP contribution in [0.3, 0.4) is 0 Å². The summed E-state index contributed by atoms with van der Waals surface area (Å²) in [5.41, 5.74) is 3.37. The van der Waals surface area contributed by atoms with Gasteiger partial charge in [-0.05, 0) is 23.9 Å². The Hall–Kier alpha value is -2.68. The van der Waals surface area contributed by atoms with Crippen molar-refractivity contribution in [2.24, 2.45) is 4.99 Å². The molecule has 0 amide bonds. The average molecular weight is 289 g/mol. The van der Waals surface area contributed by atoms with Crippen LogP contribution in [0.5, 0.6) is 0 Å². The number of nitrogens with one attached hydrogen (secondary N) is 1. The van der Waals surface area contributed by atoms with E-state index >= 15 is 0 Å². The zero-order chi connectivity index (χ0) is 15.4. The molecule has 3 heteroatoms. The SMILES string of the molecule is CN=C(NCc1ccc(C)cc1)c1cc2ccccc2cn1. The summed E-state index contributed by atoms with van der Waals surface area (Å²) in [5, 5.41) is 5.68. The lowest BCUT2D eigenvalue weighted by molar-refractivity contribution is 0.906. The first-order valence-electron chi connectivity index (χ1n) is 7.37. The van der Waals surface area contributed by atoms with Gasteiger partial charge in [0.2, 0.25) is 0 Å². The van der Waals surface area contributed by atoms with Gasteiger partial charge in [0.25, 0.3) is 0 Å². The Labute approximate surface area is 130 Å². The number of amidine groups is 1. The fourth-order valence-corrected chi connectivity index (χ4v) is 2.39. The van der Waals surface area contributed by atoms with E-state index in [2.05, 4.69) is 64.7 Å². The van der Waals surface area contributed by atoms with Crippen molar-refractivity contribution in [1.82, 2.24) is 10.3 Å². The minimum absolute atomic E-state index is 0.738. The first-order valence-corrected chi connectivity index (χ1v) is 7.37. The van der Waals surface area contributed by atoms with Crippen LogP contribution in [-0.4, -0.2) is 17.9 Å². The van der Waals surface area contributed by atoms with E-state index in [1.807, 2.05) is 18.3 Å². The molecular weight excluding hydrogens is 270 g/mol. The van der Waals surface area contributed by atoms with Crippen LogP contribution in [0.1, 0.15) is 16.8 Å². The van der Waals surface area contributed by atoms with Crippen molar-refractivity contribution < 1.29 is 0 Å². The molecule has 22 heavy (non-hydrogen) atoms. The van der Waals surface area contributed by atoms with Crippen LogP contribution in [0, 0.1) is 6.92 Å². The predicted octanol–water partition coefficient (Wildman–Crippen LogP) is 3.71. The normalized spacial score (nSPS) is 11.6. The molecule has 0 saturated carbocycles. The lowest BCUT2D eigenvalue weighted by Gasteiger charge is -2.10. The number of pyridine rings is 1. The van der Waals surface area contributed by atoms with Crippen LogP contribution < -0.4 is 5.32 Å². The Bertz CT molecular complexity index is 804. The topological polar surface area (TPSA) is 37.3 Å². The second-order valence-electron chi connectivity index (χ2n) is 5.33. The van der Waals surface area contributed by atoms with Crippen molar-refractivity contribution >= 4 is 16.6 Å². The minimum atomic E-state index is 0.738. The quantitative estimate of drug-likeness (QED) is 0.589. The summed E-state index contributed by atoms with van der Waals surface area (Å²) in [5.74, 6) is 0.811. The summed E-state index contributed by atoms with van der Waals surface area (Å²) in [6.07, 6.45) is 1.89. The third-order valence-corrected chi connectivity index (χ3v) is 3.68. The van der Waals surface area contributed by atoms with E-state index in [0.717, 1.165) is 23.5 Å². The zero-order valence-electron chi connectivity index (χ0n) is 12.9. The van der Waals surface area contributed by atoms with Crippen LogP contribution in [0.2, 0.25) is 0 Å². The molecule has 0 aliphatic rings. The van der Waals surface area contributed by atoms with Crippen molar-refractivity contribution in [3.8, 4) is 0 Å². The summed E-state index contributed by atoms with van der Waals surface area (Å²) >= 11 is 0. The van der Waals surface area contributed by atoms with Gasteiger partial charge >= 0.3 is 0 Å². The summed E-state index contributed by atoms with van der Waals surface area (Å²) in [6.45, 7) is 2.83. The van der Waals surface area contributed by atoms with Gasteiger partial charge in [0, 0.05) is 25.2 Å².